The fourth-order valence-electron chi connectivity index (χ4n) is 1.33. The number of rotatable bonds is 2. The molecule has 0 saturated carbocycles. The van der Waals surface area contributed by atoms with Gasteiger partial charge in [0.25, 0.3) is 0 Å². The Bertz CT molecular complexity index is 165. The molecule has 1 aliphatic rings. The van der Waals surface area contributed by atoms with Crippen molar-refractivity contribution < 1.29 is 14.6 Å². The van der Waals surface area contributed by atoms with Gasteiger partial charge in [0.05, 0.1) is 19.8 Å². The van der Waals surface area contributed by atoms with E-state index in [2.05, 4.69) is 13.8 Å². The minimum absolute atomic E-state index is 0.126. The van der Waals surface area contributed by atoms with Gasteiger partial charge in [-0.05, 0) is 19.8 Å². The lowest BCUT2D eigenvalue weighted by atomic mass is 9.78. The lowest BCUT2D eigenvalue weighted by molar-refractivity contribution is -0.297. The molecule has 0 spiro atoms. The van der Waals surface area contributed by atoms with Crippen LogP contribution >= 0.6 is 0 Å². The fraction of sp³-hybridized carbons (Fsp3) is 1.00. The molecule has 0 aromatic rings. The van der Waals surface area contributed by atoms with E-state index < -0.39 is 5.79 Å². The average Bonchev–Trinajstić information content (AvgIpc) is 2.05. The Kier molecular flexibility index (Phi) is 3.00. The third kappa shape index (κ3) is 2.22. The summed E-state index contributed by atoms with van der Waals surface area (Å²) in [6.07, 6.45) is 0. The lowest BCUT2D eigenvalue weighted by Gasteiger charge is -2.44. The minimum Gasteiger partial charge on any atom is -0.396 e. The second kappa shape index (κ2) is 3.56. The Morgan fingerprint density at radius 1 is 1.23 bits per heavy atom. The van der Waals surface area contributed by atoms with Crippen molar-refractivity contribution in [3.8, 4) is 0 Å². The zero-order valence-corrected chi connectivity index (χ0v) is 8.96. The van der Waals surface area contributed by atoms with Crippen molar-refractivity contribution in [3.05, 3.63) is 0 Å². The van der Waals surface area contributed by atoms with Crippen molar-refractivity contribution in [1.82, 2.24) is 0 Å². The van der Waals surface area contributed by atoms with Crippen molar-refractivity contribution in [2.45, 2.75) is 33.5 Å². The van der Waals surface area contributed by atoms with Crippen LogP contribution < -0.4 is 0 Å². The van der Waals surface area contributed by atoms with Crippen molar-refractivity contribution in [2.24, 2.45) is 11.3 Å². The highest BCUT2D eigenvalue weighted by Crippen LogP contribution is 2.35. The Labute approximate surface area is 80.0 Å². The highest BCUT2D eigenvalue weighted by Gasteiger charge is 2.41. The molecule has 1 aliphatic heterocycles. The van der Waals surface area contributed by atoms with Crippen LogP contribution in [0, 0.1) is 11.3 Å². The number of ether oxygens (including phenoxy) is 2. The first-order valence-corrected chi connectivity index (χ1v) is 4.81. The Hall–Kier alpha value is -0.120. The summed E-state index contributed by atoms with van der Waals surface area (Å²) in [7, 11) is 0. The van der Waals surface area contributed by atoms with Crippen molar-refractivity contribution >= 4 is 0 Å². The van der Waals surface area contributed by atoms with E-state index in [-0.39, 0.29) is 12.0 Å². The maximum atomic E-state index is 9.32. The maximum Gasteiger partial charge on any atom is 0.162 e. The topological polar surface area (TPSA) is 38.7 Å². The third-order valence-electron chi connectivity index (χ3n) is 2.95. The summed E-state index contributed by atoms with van der Waals surface area (Å²) in [5.74, 6) is -0.123. The van der Waals surface area contributed by atoms with E-state index >= 15 is 0 Å². The molecule has 13 heavy (non-hydrogen) atoms. The molecule has 78 valence electrons. The van der Waals surface area contributed by atoms with Crippen molar-refractivity contribution in [3.63, 3.8) is 0 Å². The quantitative estimate of drug-likeness (QED) is 0.712. The zero-order chi connectivity index (χ0) is 10.1. The van der Waals surface area contributed by atoms with Gasteiger partial charge >= 0.3 is 0 Å². The van der Waals surface area contributed by atoms with Crippen LogP contribution in [0.2, 0.25) is 0 Å². The van der Waals surface area contributed by atoms with Crippen LogP contribution in [0.3, 0.4) is 0 Å². The number of hydrogen-bond acceptors (Lipinski definition) is 3. The van der Waals surface area contributed by atoms with Gasteiger partial charge in [-0.2, -0.15) is 0 Å². The SMILES string of the molecule is CC(C)C1(CO)COC(C)(C)OC1. The van der Waals surface area contributed by atoms with E-state index in [1.807, 2.05) is 13.8 Å². The van der Waals surface area contributed by atoms with Crippen LogP contribution in [0.25, 0.3) is 0 Å². The largest absolute Gasteiger partial charge is 0.396 e. The molecule has 0 amide bonds. The van der Waals surface area contributed by atoms with Crippen LogP contribution in [0.15, 0.2) is 0 Å². The fourth-order valence-corrected chi connectivity index (χ4v) is 1.33. The molecule has 3 nitrogen and oxygen atoms in total. The van der Waals surface area contributed by atoms with E-state index in [4.69, 9.17) is 9.47 Å². The molecule has 0 atom stereocenters. The van der Waals surface area contributed by atoms with Crippen LogP contribution in [0.5, 0.6) is 0 Å². The first kappa shape index (κ1) is 11.0. The summed E-state index contributed by atoms with van der Waals surface area (Å²) in [5.41, 5.74) is -0.213. The molecule has 1 saturated heterocycles. The van der Waals surface area contributed by atoms with Crippen molar-refractivity contribution in [1.29, 1.82) is 0 Å². The van der Waals surface area contributed by atoms with E-state index in [1.165, 1.54) is 0 Å². The van der Waals surface area contributed by atoms with Gasteiger partial charge in [0.15, 0.2) is 5.79 Å². The standard InChI is InChI=1S/C10H20O3/c1-8(2)10(5-11)6-12-9(3,4)13-7-10/h8,11H,5-7H2,1-4H3. The monoisotopic (exact) mass is 188 g/mol. The van der Waals surface area contributed by atoms with Crippen LogP contribution in [0.1, 0.15) is 27.7 Å². The normalized spacial score (nSPS) is 26.3. The maximum absolute atomic E-state index is 9.32. The summed E-state index contributed by atoms with van der Waals surface area (Å²) in [6, 6.07) is 0. The van der Waals surface area contributed by atoms with Gasteiger partial charge in [-0.1, -0.05) is 13.8 Å². The number of aliphatic hydroxyl groups excluding tert-OH is 1. The molecule has 0 aromatic carbocycles. The molecule has 0 bridgehead atoms. The Morgan fingerprint density at radius 2 is 1.69 bits per heavy atom. The molecule has 0 aromatic heterocycles. The molecule has 1 heterocycles. The second-order valence-electron chi connectivity index (χ2n) is 4.65. The number of hydrogen-bond donors (Lipinski definition) is 1. The van der Waals surface area contributed by atoms with Gasteiger partial charge in [-0.15, -0.1) is 0 Å². The smallest absolute Gasteiger partial charge is 0.162 e. The predicted octanol–water partition coefficient (Wildman–Crippen LogP) is 1.40. The Balaban J connectivity index is 2.63. The molecule has 1 N–H and O–H groups in total. The minimum atomic E-state index is -0.492. The zero-order valence-electron chi connectivity index (χ0n) is 8.96. The summed E-state index contributed by atoms with van der Waals surface area (Å²) < 4.78 is 11.1. The second-order valence-corrected chi connectivity index (χ2v) is 4.65. The van der Waals surface area contributed by atoms with Gasteiger partial charge < -0.3 is 14.6 Å². The summed E-state index contributed by atoms with van der Waals surface area (Å²) in [4.78, 5) is 0. The average molecular weight is 188 g/mol. The molecular formula is C10H20O3. The molecule has 0 aliphatic carbocycles. The van der Waals surface area contributed by atoms with Gasteiger partial charge in [-0.3, -0.25) is 0 Å². The molecule has 3 heteroatoms. The highest BCUT2D eigenvalue weighted by molar-refractivity contribution is 4.85. The molecule has 0 unspecified atom stereocenters. The van der Waals surface area contributed by atoms with E-state index in [0.29, 0.717) is 19.1 Å². The van der Waals surface area contributed by atoms with E-state index in [1.54, 1.807) is 0 Å². The van der Waals surface area contributed by atoms with Gasteiger partial charge in [-0.25, -0.2) is 0 Å². The first-order valence-electron chi connectivity index (χ1n) is 4.81. The Morgan fingerprint density at radius 3 is 2.00 bits per heavy atom. The van der Waals surface area contributed by atoms with Gasteiger partial charge in [0.1, 0.15) is 0 Å². The molecular weight excluding hydrogens is 168 g/mol. The predicted molar refractivity (Wildman–Crippen MR) is 50.3 cm³/mol. The van der Waals surface area contributed by atoms with E-state index in [0.717, 1.165) is 0 Å². The molecule has 1 fully saturated rings. The molecule has 1 rings (SSSR count). The summed E-state index contributed by atoms with van der Waals surface area (Å²) >= 11 is 0. The summed E-state index contributed by atoms with van der Waals surface area (Å²) in [6.45, 7) is 9.24. The van der Waals surface area contributed by atoms with Gasteiger partial charge in [0.2, 0.25) is 0 Å². The van der Waals surface area contributed by atoms with Crippen LogP contribution in [-0.4, -0.2) is 30.7 Å². The summed E-state index contributed by atoms with van der Waals surface area (Å²) in [5, 5.41) is 9.32. The third-order valence-corrected chi connectivity index (χ3v) is 2.95. The highest BCUT2D eigenvalue weighted by atomic mass is 16.7. The van der Waals surface area contributed by atoms with Crippen LogP contribution in [-0.2, 0) is 9.47 Å². The first-order chi connectivity index (χ1) is 5.92. The van der Waals surface area contributed by atoms with Gasteiger partial charge in [0, 0.05) is 5.41 Å². The lowest BCUT2D eigenvalue weighted by Crippen LogP contribution is -2.51. The number of aliphatic hydroxyl groups is 1. The van der Waals surface area contributed by atoms with E-state index in [9.17, 15) is 5.11 Å². The van der Waals surface area contributed by atoms with Crippen molar-refractivity contribution in [2.75, 3.05) is 19.8 Å². The van der Waals surface area contributed by atoms with Crippen LogP contribution in [0.4, 0.5) is 0 Å². The molecule has 0 radical (unpaired) electrons.